The molecule has 0 aliphatic carbocycles. The number of hydrogen-bond donors (Lipinski definition) is 1. The Hall–Kier alpha value is -1.78. The zero-order valence-corrected chi connectivity index (χ0v) is 7.58. The first-order chi connectivity index (χ1) is 6.99. The highest BCUT2D eigenvalue weighted by Gasteiger charge is 2.21. The molecule has 1 aromatic rings. The summed E-state index contributed by atoms with van der Waals surface area (Å²) in [6, 6.07) is 7.99. The van der Waals surface area contributed by atoms with Crippen LogP contribution in [0, 0.1) is 0 Å². The lowest BCUT2D eigenvalue weighted by atomic mass is 10.2. The van der Waals surface area contributed by atoms with Crippen LogP contribution in [0.15, 0.2) is 42.6 Å². The second-order valence-corrected chi connectivity index (χ2v) is 2.71. The lowest BCUT2D eigenvalue weighted by molar-refractivity contribution is -0.0800. The van der Waals surface area contributed by atoms with E-state index >= 15 is 0 Å². The predicted molar refractivity (Wildman–Crippen MR) is 49.1 cm³/mol. The average Bonchev–Trinajstić information content (AvgIpc) is 2.17. The van der Waals surface area contributed by atoms with Crippen molar-refractivity contribution in [2.24, 2.45) is 0 Å². The van der Waals surface area contributed by atoms with Crippen molar-refractivity contribution < 1.29 is 18.0 Å². The van der Waals surface area contributed by atoms with E-state index < -0.39 is 12.1 Å². The van der Waals surface area contributed by atoms with E-state index in [2.05, 4.69) is 0 Å². The highest BCUT2D eigenvalue weighted by molar-refractivity contribution is 5.94. The molecule has 0 heterocycles. The monoisotopic (exact) mass is 215 g/mol. The Labute approximate surface area is 84.4 Å². The van der Waals surface area contributed by atoms with Crippen LogP contribution in [0.2, 0.25) is 0 Å². The van der Waals surface area contributed by atoms with Crippen LogP contribution in [0.3, 0.4) is 0 Å². The maximum Gasteiger partial charge on any atom is 0.411 e. The average molecular weight is 215 g/mol. The molecule has 1 aromatic carbocycles. The van der Waals surface area contributed by atoms with Gasteiger partial charge in [0.1, 0.15) is 0 Å². The quantitative estimate of drug-likeness (QED) is 0.806. The Kier molecular flexibility index (Phi) is 3.49. The number of halogens is 3. The number of hydrogen-bond acceptors (Lipinski definition) is 1. The molecule has 0 fully saturated rings. The minimum absolute atomic E-state index is 0.0339. The molecular formula is C10H8F3NO. The molecule has 0 spiro atoms. The summed E-state index contributed by atoms with van der Waals surface area (Å²) in [7, 11) is 0. The van der Waals surface area contributed by atoms with Crippen molar-refractivity contribution in [1.29, 1.82) is 0 Å². The van der Waals surface area contributed by atoms with Crippen molar-refractivity contribution in [3.05, 3.63) is 48.2 Å². The molecule has 0 bridgehead atoms. The van der Waals surface area contributed by atoms with Crippen LogP contribution in [0.1, 0.15) is 10.4 Å². The van der Waals surface area contributed by atoms with Gasteiger partial charge in [-0.1, -0.05) is 18.2 Å². The van der Waals surface area contributed by atoms with Crippen LogP contribution in [-0.2, 0) is 0 Å². The Morgan fingerprint density at radius 2 is 1.80 bits per heavy atom. The van der Waals surface area contributed by atoms with Crippen LogP contribution in [-0.4, -0.2) is 12.1 Å². The molecule has 0 unspecified atom stereocenters. The summed E-state index contributed by atoms with van der Waals surface area (Å²) in [6.07, 6.45) is -3.87. The molecule has 1 rings (SSSR count). The molecule has 2 nitrogen and oxygen atoms in total. The van der Waals surface area contributed by atoms with E-state index in [0.29, 0.717) is 11.8 Å². The van der Waals surface area contributed by atoms with Crippen LogP contribution in [0.5, 0.6) is 0 Å². The fourth-order valence-corrected chi connectivity index (χ4v) is 0.885. The smallest absolute Gasteiger partial charge is 0.329 e. The lowest BCUT2D eigenvalue weighted by Crippen LogP contribution is -2.18. The molecule has 80 valence electrons. The van der Waals surface area contributed by atoms with Gasteiger partial charge in [0.25, 0.3) is 5.91 Å². The van der Waals surface area contributed by atoms with E-state index in [1.54, 1.807) is 18.2 Å². The third-order valence-electron chi connectivity index (χ3n) is 1.52. The molecule has 0 atom stereocenters. The Morgan fingerprint density at radius 1 is 1.20 bits per heavy atom. The minimum atomic E-state index is -4.41. The number of carbonyl (C=O) groups is 1. The van der Waals surface area contributed by atoms with Gasteiger partial charge in [-0.05, 0) is 12.1 Å². The Balaban J connectivity index is 2.55. The first-order valence-electron chi connectivity index (χ1n) is 4.09. The molecule has 1 N–H and O–H groups in total. The summed E-state index contributed by atoms with van der Waals surface area (Å²) < 4.78 is 35.0. The molecule has 1 amide bonds. The van der Waals surface area contributed by atoms with Crippen LogP contribution < -0.4 is 5.32 Å². The van der Waals surface area contributed by atoms with Gasteiger partial charge in [-0.15, -0.1) is 0 Å². The molecular weight excluding hydrogens is 207 g/mol. The zero-order chi connectivity index (χ0) is 11.3. The summed E-state index contributed by atoms with van der Waals surface area (Å²) in [5.74, 6) is -0.573. The minimum Gasteiger partial charge on any atom is -0.329 e. The molecule has 0 saturated heterocycles. The third kappa shape index (κ3) is 4.30. The van der Waals surface area contributed by atoms with Crippen molar-refractivity contribution in [2.75, 3.05) is 0 Å². The van der Waals surface area contributed by atoms with Crippen LogP contribution >= 0.6 is 0 Å². The summed E-state index contributed by atoms with van der Waals surface area (Å²) in [6.45, 7) is 0. The van der Waals surface area contributed by atoms with Gasteiger partial charge in [0.15, 0.2) is 0 Å². The largest absolute Gasteiger partial charge is 0.411 e. The van der Waals surface area contributed by atoms with Gasteiger partial charge in [-0.2, -0.15) is 13.2 Å². The van der Waals surface area contributed by atoms with E-state index in [1.165, 1.54) is 12.1 Å². The highest BCUT2D eigenvalue weighted by atomic mass is 19.4. The maximum absolute atomic E-state index is 11.7. The standard InChI is InChI=1S/C10H8F3NO/c11-10(12,13)6-7-14-9(15)8-4-2-1-3-5-8/h1-7H,(H,14,15)/b7-6+. The summed E-state index contributed by atoms with van der Waals surface area (Å²) >= 11 is 0. The van der Waals surface area contributed by atoms with E-state index in [9.17, 15) is 18.0 Å². The van der Waals surface area contributed by atoms with Gasteiger partial charge in [-0.25, -0.2) is 0 Å². The molecule has 0 aliphatic heterocycles. The summed E-state index contributed by atoms with van der Waals surface area (Å²) in [5, 5.41) is 2.02. The van der Waals surface area contributed by atoms with Crippen LogP contribution in [0.4, 0.5) is 13.2 Å². The fraction of sp³-hybridized carbons (Fsp3) is 0.100. The number of benzene rings is 1. The van der Waals surface area contributed by atoms with Gasteiger partial charge in [0.05, 0.1) is 0 Å². The fourth-order valence-electron chi connectivity index (χ4n) is 0.885. The Bertz CT molecular complexity index is 357. The van der Waals surface area contributed by atoms with Gasteiger partial charge in [-0.3, -0.25) is 4.79 Å². The molecule has 15 heavy (non-hydrogen) atoms. The number of carbonyl (C=O) groups excluding carboxylic acids is 1. The van der Waals surface area contributed by atoms with Crippen molar-refractivity contribution in [1.82, 2.24) is 5.32 Å². The Morgan fingerprint density at radius 3 is 2.33 bits per heavy atom. The molecule has 0 saturated carbocycles. The number of allylic oxidation sites excluding steroid dienone is 1. The van der Waals surface area contributed by atoms with Crippen molar-refractivity contribution in [2.45, 2.75) is 6.18 Å². The zero-order valence-electron chi connectivity index (χ0n) is 7.58. The maximum atomic E-state index is 11.7. The van der Waals surface area contributed by atoms with Gasteiger partial charge < -0.3 is 5.32 Å². The first-order valence-corrected chi connectivity index (χ1v) is 4.09. The van der Waals surface area contributed by atoms with Gasteiger partial charge in [0.2, 0.25) is 0 Å². The molecule has 0 aliphatic rings. The van der Waals surface area contributed by atoms with E-state index in [0.717, 1.165) is 0 Å². The lowest BCUT2D eigenvalue weighted by Gasteiger charge is -2.00. The first kappa shape index (κ1) is 11.3. The molecule has 0 radical (unpaired) electrons. The summed E-state index contributed by atoms with van der Waals surface area (Å²) in [4.78, 5) is 11.2. The third-order valence-corrected chi connectivity index (χ3v) is 1.52. The topological polar surface area (TPSA) is 29.1 Å². The predicted octanol–water partition coefficient (Wildman–Crippen LogP) is 2.49. The van der Waals surface area contributed by atoms with Crippen molar-refractivity contribution in [3.8, 4) is 0 Å². The van der Waals surface area contributed by atoms with Crippen LogP contribution in [0.25, 0.3) is 0 Å². The van der Waals surface area contributed by atoms with E-state index in [4.69, 9.17) is 0 Å². The number of rotatable bonds is 2. The molecule has 0 aromatic heterocycles. The van der Waals surface area contributed by atoms with E-state index in [-0.39, 0.29) is 6.08 Å². The number of alkyl halides is 3. The second-order valence-electron chi connectivity index (χ2n) is 2.71. The SMILES string of the molecule is O=C(N/C=C/C(F)(F)F)c1ccccc1. The summed E-state index contributed by atoms with van der Waals surface area (Å²) in [5.41, 5.74) is 0.310. The van der Waals surface area contributed by atoms with Crippen molar-refractivity contribution >= 4 is 5.91 Å². The highest BCUT2D eigenvalue weighted by Crippen LogP contribution is 2.15. The number of amides is 1. The normalized spacial score (nSPS) is 11.7. The van der Waals surface area contributed by atoms with Gasteiger partial charge >= 0.3 is 6.18 Å². The van der Waals surface area contributed by atoms with E-state index in [1.807, 2.05) is 5.32 Å². The van der Waals surface area contributed by atoms with Gasteiger partial charge in [0, 0.05) is 17.8 Å². The van der Waals surface area contributed by atoms with Crippen molar-refractivity contribution in [3.63, 3.8) is 0 Å². The second kappa shape index (κ2) is 4.63. The molecule has 5 heteroatoms. The number of nitrogens with one attached hydrogen (secondary N) is 1.